The predicted octanol–water partition coefficient (Wildman–Crippen LogP) is 3.57. The van der Waals surface area contributed by atoms with Crippen molar-refractivity contribution in [1.29, 1.82) is 0 Å². The number of fused-ring (bicyclic) bond motifs is 3. The number of aromatic nitrogens is 2. The van der Waals surface area contributed by atoms with Gasteiger partial charge in [0.05, 0.1) is 18.3 Å². The highest BCUT2D eigenvalue weighted by atomic mass is 16.5. The molecule has 7 heteroatoms. The highest BCUT2D eigenvalue weighted by Gasteiger charge is 2.20. The van der Waals surface area contributed by atoms with Gasteiger partial charge >= 0.3 is 5.97 Å². The van der Waals surface area contributed by atoms with E-state index in [1.807, 2.05) is 55.5 Å². The third-order valence-electron chi connectivity index (χ3n) is 4.48. The Balaban J connectivity index is 1.76. The van der Waals surface area contributed by atoms with Gasteiger partial charge in [0.2, 0.25) is 0 Å². The molecule has 7 nitrogen and oxygen atoms in total. The van der Waals surface area contributed by atoms with Gasteiger partial charge in [-0.2, -0.15) is 0 Å². The van der Waals surface area contributed by atoms with Crippen molar-refractivity contribution in [3.05, 3.63) is 71.5 Å². The molecule has 4 rings (SSSR count). The Labute approximate surface area is 160 Å². The fraction of sp³-hybridized carbons (Fsp3) is 0.0952. The summed E-state index contributed by atoms with van der Waals surface area (Å²) in [7, 11) is 1.28. The van der Waals surface area contributed by atoms with Crippen LogP contribution in [-0.2, 0) is 4.74 Å². The van der Waals surface area contributed by atoms with Gasteiger partial charge in [-0.1, -0.05) is 35.9 Å². The molecule has 0 aliphatic carbocycles. The molecule has 0 aliphatic rings. The van der Waals surface area contributed by atoms with Gasteiger partial charge in [-0.15, -0.1) is 0 Å². The molecule has 28 heavy (non-hydrogen) atoms. The van der Waals surface area contributed by atoms with Crippen molar-refractivity contribution in [3.8, 4) is 0 Å². The molecule has 2 aromatic heterocycles. The number of aryl methyl sites for hydroxylation is 1. The first-order chi connectivity index (χ1) is 13.6. The zero-order chi connectivity index (χ0) is 19.7. The predicted molar refractivity (Wildman–Crippen MR) is 107 cm³/mol. The van der Waals surface area contributed by atoms with Crippen molar-refractivity contribution in [2.24, 2.45) is 0 Å². The Morgan fingerprint density at radius 2 is 1.79 bits per heavy atom. The van der Waals surface area contributed by atoms with Gasteiger partial charge in [-0.25, -0.2) is 9.78 Å². The third-order valence-corrected chi connectivity index (χ3v) is 4.48. The van der Waals surface area contributed by atoms with E-state index in [0.717, 1.165) is 27.5 Å². The van der Waals surface area contributed by atoms with Crippen LogP contribution in [0.3, 0.4) is 0 Å². The molecule has 0 radical (unpaired) electrons. The lowest BCUT2D eigenvalue weighted by Crippen LogP contribution is -2.30. The van der Waals surface area contributed by atoms with E-state index in [1.165, 1.54) is 7.11 Å². The monoisotopic (exact) mass is 374 g/mol. The van der Waals surface area contributed by atoms with Crippen molar-refractivity contribution in [2.45, 2.75) is 6.92 Å². The molecule has 0 unspecified atom stereocenters. The maximum absolute atomic E-state index is 12.8. The maximum atomic E-state index is 12.8. The van der Waals surface area contributed by atoms with Gasteiger partial charge in [0.15, 0.2) is 5.69 Å². The number of methoxy groups -OCH3 is 1. The zero-order valence-corrected chi connectivity index (χ0v) is 15.4. The second-order valence-electron chi connectivity index (χ2n) is 6.39. The number of amides is 1. The second-order valence-corrected chi connectivity index (χ2v) is 6.39. The number of benzene rings is 2. The van der Waals surface area contributed by atoms with Gasteiger partial charge in [0.1, 0.15) is 5.69 Å². The van der Waals surface area contributed by atoms with Gasteiger partial charge in [0, 0.05) is 16.3 Å². The van der Waals surface area contributed by atoms with E-state index in [9.17, 15) is 9.59 Å². The van der Waals surface area contributed by atoms with Crippen LogP contribution >= 0.6 is 0 Å². The van der Waals surface area contributed by atoms with Crippen LogP contribution in [0.4, 0.5) is 5.69 Å². The van der Waals surface area contributed by atoms with Gasteiger partial charge < -0.3 is 9.72 Å². The highest BCUT2D eigenvalue weighted by Crippen LogP contribution is 2.28. The number of hydrogen-bond acceptors (Lipinski definition) is 5. The average Bonchev–Trinajstić information content (AvgIpc) is 3.10. The SMILES string of the molecule is COC(=O)c1cc2c([nH]c3ccccc32)c(C(=O)NNc2ccc(C)cc2)n1. The summed E-state index contributed by atoms with van der Waals surface area (Å²) in [4.78, 5) is 32.3. The van der Waals surface area contributed by atoms with Crippen LogP contribution in [0.25, 0.3) is 21.8 Å². The number of hydrazine groups is 1. The molecule has 0 bridgehead atoms. The normalized spacial score (nSPS) is 10.8. The lowest BCUT2D eigenvalue weighted by molar-refractivity contribution is 0.0594. The molecule has 0 saturated heterocycles. The number of ether oxygens (including phenoxy) is 1. The minimum absolute atomic E-state index is 0.0697. The van der Waals surface area contributed by atoms with Crippen LogP contribution in [0.15, 0.2) is 54.6 Å². The summed E-state index contributed by atoms with van der Waals surface area (Å²) in [5.41, 5.74) is 8.92. The molecule has 4 aromatic rings. The van der Waals surface area contributed by atoms with Gasteiger partial charge in [-0.3, -0.25) is 15.6 Å². The Bertz CT molecular complexity index is 1200. The first-order valence-electron chi connectivity index (χ1n) is 8.69. The van der Waals surface area contributed by atoms with Crippen molar-refractivity contribution < 1.29 is 14.3 Å². The van der Waals surface area contributed by atoms with E-state index in [4.69, 9.17) is 4.74 Å². The lowest BCUT2D eigenvalue weighted by Gasteiger charge is -2.10. The quantitative estimate of drug-likeness (QED) is 0.375. The minimum atomic E-state index is -0.604. The summed E-state index contributed by atoms with van der Waals surface area (Å²) in [5, 5.41) is 1.62. The number of nitrogens with zero attached hydrogens (tertiary/aromatic N) is 1. The van der Waals surface area contributed by atoms with Crippen LogP contribution in [0.1, 0.15) is 26.5 Å². The number of rotatable bonds is 4. The van der Waals surface area contributed by atoms with E-state index in [0.29, 0.717) is 5.52 Å². The van der Waals surface area contributed by atoms with Crippen molar-refractivity contribution in [2.75, 3.05) is 12.5 Å². The first kappa shape index (κ1) is 17.5. The molecule has 0 atom stereocenters. The minimum Gasteiger partial charge on any atom is -0.464 e. The number of nitrogens with one attached hydrogen (secondary N) is 3. The fourth-order valence-corrected chi connectivity index (χ4v) is 3.04. The molecular weight excluding hydrogens is 356 g/mol. The van der Waals surface area contributed by atoms with Gasteiger partial charge in [0.25, 0.3) is 5.91 Å². The van der Waals surface area contributed by atoms with E-state index < -0.39 is 11.9 Å². The van der Waals surface area contributed by atoms with Crippen molar-refractivity contribution in [1.82, 2.24) is 15.4 Å². The topological polar surface area (TPSA) is 96.1 Å². The number of para-hydroxylation sites is 1. The summed E-state index contributed by atoms with van der Waals surface area (Å²) in [5.74, 6) is -1.07. The van der Waals surface area contributed by atoms with Crippen LogP contribution in [-0.4, -0.2) is 29.0 Å². The summed E-state index contributed by atoms with van der Waals surface area (Å²) in [6.45, 7) is 1.98. The smallest absolute Gasteiger partial charge is 0.356 e. The first-order valence-corrected chi connectivity index (χ1v) is 8.69. The molecule has 0 spiro atoms. The number of aromatic amines is 1. The Kier molecular flexibility index (Phi) is 4.41. The van der Waals surface area contributed by atoms with Gasteiger partial charge in [-0.05, 0) is 31.2 Å². The number of pyridine rings is 1. The zero-order valence-electron chi connectivity index (χ0n) is 15.4. The van der Waals surface area contributed by atoms with Crippen LogP contribution in [0, 0.1) is 6.92 Å². The number of esters is 1. The third kappa shape index (κ3) is 3.14. The summed E-state index contributed by atoms with van der Waals surface area (Å²) >= 11 is 0. The molecule has 0 aliphatic heterocycles. The summed E-state index contributed by atoms with van der Waals surface area (Å²) in [6, 6.07) is 16.8. The molecule has 2 aromatic carbocycles. The van der Waals surface area contributed by atoms with Crippen LogP contribution in [0.2, 0.25) is 0 Å². The number of carbonyl (C=O) groups excluding carboxylic acids is 2. The molecule has 1 amide bonds. The average molecular weight is 374 g/mol. The number of anilines is 1. The number of H-pyrrole nitrogens is 1. The molecule has 3 N–H and O–H groups in total. The van der Waals surface area contributed by atoms with E-state index in [-0.39, 0.29) is 11.4 Å². The standard InChI is InChI=1S/C21H18N4O3/c1-12-7-9-13(10-8-12)24-25-20(26)19-18-15(11-17(23-19)21(27)28-2)14-5-3-4-6-16(14)22-18/h3-11,22,24H,1-2H3,(H,25,26). The lowest BCUT2D eigenvalue weighted by atomic mass is 10.1. The van der Waals surface area contributed by atoms with Crippen LogP contribution in [0.5, 0.6) is 0 Å². The van der Waals surface area contributed by atoms with Crippen molar-refractivity contribution >= 4 is 39.4 Å². The van der Waals surface area contributed by atoms with Crippen molar-refractivity contribution in [3.63, 3.8) is 0 Å². The molecule has 0 fully saturated rings. The maximum Gasteiger partial charge on any atom is 0.356 e. The van der Waals surface area contributed by atoms with E-state index in [1.54, 1.807) is 6.07 Å². The highest BCUT2D eigenvalue weighted by molar-refractivity contribution is 6.15. The Hall–Kier alpha value is -3.87. The Morgan fingerprint density at radius 3 is 2.54 bits per heavy atom. The summed E-state index contributed by atoms with van der Waals surface area (Å²) in [6.07, 6.45) is 0. The van der Waals surface area contributed by atoms with Crippen LogP contribution < -0.4 is 10.9 Å². The van der Waals surface area contributed by atoms with E-state index in [2.05, 4.69) is 20.8 Å². The number of carbonyl (C=O) groups is 2. The molecule has 0 saturated carbocycles. The number of hydrogen-bond donors (Lipinski definition) is 3. The fourth-order valence-electron chi connectivity index (χ4n) is 3.04. The van der Waals surface area contributed by atoms with E-state index >= 15 is 0 Å². The Morgan fingerprint density at radius 1 is 1.04 bits per heavy atom. The molecule has 140 valence electrons. The molecular formula is C21H18N4O3. The summed E-state index contributed by atoms with van der Waals surface area (Å²) < 4.78 is 4.79. The molecule has 2 heterocycles. The second kappa shape index (κ2) is 7.03. The largest absolute Gasteiger partial charge is 0.464 e.